The number of fused-ring (bicyclic) bond motifs is 1. The van der Waals surface area contributed by atoms with Crippen molar-refractivity contribution < 1.29 is 0 Å². The van der Waals surface area contributed by atoms with Crippen LogP contribution in [0.1, 0.15) is 17.0 Å². The van der Waals surface area contributed by atoms with Crippen molar-refractivity contribution >= 4 is 12.2 Å². The number of nitrogens with zero attached hydrogens (tertiary/aromatic N) is 2. The van der Waals surface area contributed by atoms with Crippen molar-refractivity contribution in [2.75, 3.05) is 13.6 Å². The minimum Gasteiger partial charge on any atom is -0.333 e. The Kier molecular flexibility index (Phi) is 2.62. The molecular formula is C9H14N4S. The third-order valence-corrected chi connectivity index (χ3v) is 2.77. The fourth-order valence-electron chi connectivity index (χ4n) is 1.85. The van der Waals surface area contributed by atoms with Crippen molar-refractivity contribution in [3.05, 3.63) is 21.7 Å². The number of aromatic nitrogens is 2. The van der Waals surface area contributed by atoms with E-state index in [2.05, 4.69) is 21.9 Å². The number of hydrogen-bond acceptors (Lipinski definition) is 4. The van der Waals surface area contributed by atoms with Crippen molar-refractivity contribution in [2.45, 2.75) is 19.5 Å². The zero-order valence-electron chi connectivity index (χ0n) is 8.21. The smallest absolute Gasteiger partial charge is 0.197 e. The highest BCUT2D eigenvalue weighted by Crippen LogP contribution is 2.17. The van der Waals surface area contributed by atoms with E-state index >= 15 is 0 Å². The Balaban J connectivity index is 2.51. The average Bonchev–Trinajstić information content (AvgIpc) is 2.15. The second-order valence-corrected chi connectivity index (χ2v) is 4.02. The van der Waals surface area contributed by atoms with E-state index in [0.29, 0.717) is 11.3 Å². The number of aromatic amines is 1. The monoisotopic (exact) mass is 210 g/mol. The molecule has 1 aromatic heterocycles. The number of rotatable bonds is 1. The summed E-state index contributed by atoms with van der Waals surface area (Å²) in [7, 11) is 2.10. The van der Waals surface area contributed by atoms with Gasteiger partial charge in [-0.15, -0.1) is 0 Å². The molecule has 0 saturated heterocycles. The predicted octanol–water partition coefficient (Wildman–Crippen LogP) is 0.586. The SMILES string of the molecule is CN1CCc2c(CN)nc(=S)[nH]c2C1. The molecule has 2 heterocycles. The van der Waals surface area contributed by atoms with Crippen LogP contribution in [0.5, 0.6) is 0 Å². The summed E-state index contributed by atoms with van der Waals surface area (Å²) < 4.78 is 0.541. The molecular weight excluding hydrogens is 196 g/mol. The lowest BCUT2D eigenvalue weighted by molar-refractivity contribution is 0.305. The van der Waals surface area contributed by atoms with Crippen LogP contribution < -0.4 is 5.73 Å². The largest absolute Gasteiger partial charge is 0.333 e. The Morgan fingerprint density at radius 3 is 3.14 bits per heavy atom. The minimum atomic E-state index is 0.477. The Labute approximate surface area is 88.1 Å². The molecule has 0 saturated carbocycles. The lowest BCUT2D eigenvalue weighted by atomic mass is 10.0. The molecule has 1 aliphatic rings. The first-order chi connectivity index (χ1) is 6.70. The maximum Gasteiger partial charge on any atom is 0.197 e. The van der Waals surface area contributed by atoms with E-state index in [1.807, 2.05) is 0 Å². The molecule has 3 N–H and O–H groups in total. The number of nitrogens with one attached hydrogen (secondary N) is 1. The van der Waals surface area contributed by atoms with Gasteiger partial charge in [-0.2, -0.15) is 0 Å². The summed E-state index contributed by atoms with van der Waals surface area (Å²) >= 11 is 5.05. The molecule has 1 aromatic rings. The minimum absolute atomic E-state index is 0.477. The molecule has 0 aliphatic carbocycles. The van der Waals surface area contributed by atoms with E-state index in [1.165, 1.54) is 11.3 Å². The van der Waals surface area contributed by atoms with Gasteiger partial charge in [0.1, 0.15) is 0 Å². The van der Waals surface area contributed by atoms with Crippen LogP contribution in [0, 0.1) is 4.77 Å². The molecule has 0 fully saturated rings. The second-order valence-electron chi connectivity index (χ2n) is 3.64. The van der Waals surface area contributed by atoms with Crippen LogP contribution in [0.15, 0.2) is 0 Å². The lowest BCUT2D eigenvalue weighted by Crippen LogP contribution is -2.29. The highest BCUT2D eigenvalue weighted by molar-refractivity contribution is 7.71. The van der Waals surface area contributed by atoms with Crippen LogP contribution in [-0.4, -0.2) is 28.5 Å². The topological polar surface area (TPSA) is 57.9 Å². The van der Waals surface area contributed by atoms with Gasteiger partial charge >= 0.3 is 0 Å². The first-order valence-electron chi connectivity index (χ1n) is 4.70. The van der Waals surface area contributed by atoms with Crippen LogP contribution in [0.4, 0.5) is 0 Å². The molecule has 0 atom stereocenters. The average molecular weight is 210 g/mol. The zero-order chi connectivity index (χ0) is 10.1. The molecule has 76 valence electrons. The van der Waals surface area contributed by atoms with Crippen molar-refractivity contribution in [3.8, 4) is 0 Å². The van der Waals surface area contributed by atoms with Crippen LogP contribution >= 0.6 is 12.2 Å². The molecule has 0 amide bonds. The summed E-state index contributed by atoms with van der Waals surface area (Å²) in [6.45, 7) is 2.45. The van der Waals surface area contributed by atoms with Crippen LogP contribution in [0.3, 0.4) is 0 Å². The molecule has 0 bridgehead atoms. The van der Waals surface area contributed by atoms with Gasteiger partial charge in [0, 0.05) is 25.3 Å². The number of likely N-dealkylation sites (N-methyl/N-ethyl adjacent to an activating group) is 1. The van der Waals surface area contributed by atoms with Gasteiger partial charge in [0.15, 0.2) is 4.77 Å². The van der Waals surface area contributed by atoms with Crippen molar-refractivity contribution in [1.29, 1.82) is 0 Å². The standard InChI is InChI=1S/C9H14N4S/c1-13-3-2-6-7(4-10)11-9(14)12-8(6)5-13/h2-5,10H2,1H3,(H,11,12,14). The van der Waals surface area contributed by atoms with Gasteiger partial charge in [0.2, 0.25) is 0 Å². The molecule has 2 rings (SSSR count). The van der Waals surface area contributed by atoms with Gasteiger partial charge < -0.3 is 15.6 Å². The van der Waals surface area contributed by atoms with Crippen molar-refractivity contribution in [3.63, 3.8) is 0 Å². The van der Waals surface area contributed by atoms with Crippen LogP contribution in [0.2, 0.25) is 0 Å². The van der Waals surface area contributed by atoms with Gasteiger partial charge in [-0.25, -0.2) is 4.98 Å². The Morgan fingerprint density at radius 1 is 1.64 bits per heavy atom. The normalized spacial score (nSPS) is 16.7. The summed E-state index contributed by atoms with van der Waals surface area (Å²) in [6, 6.07) is 0. The summed E-state index contributed by atoms with van der Waals surface area (Å²) in [5, 5.41) is 0. The van der Waals surface area contributed by atoms with E-state index in [4.69, 9.17) is 18.0 Å². The van der Waals surface area contributed by atoms with Gasteiger partial charge in [-0.3, -0.25) is 0 Å². The number of hydrogen-bond donors (Lipinski definition) is 2. The Bertz CT molecular complexity index is 398. The highest BCUT2D eigenvalue weighted by Gasteiger charge is 2.17. The third-order valence-electron chi connectivity index (χ3n) is 2.57. The number of H-pyrrole nitrogens is 1. The van der Waals surface area contributed by atoms with Gasteiger partial charge in [0.25, 0.3) is 0 Å². The second kappa shape index (κ2) is 3.76. The quantitative estimate of drug-likeness (QED) is 0.666. The van der Waals surface area contributed by atoms with E-state index < -0.39 is 0 Å². The first kappa shape index (κ1) is 9.76. The summed E-state index contributed by atoms with van der Waals surface area (Å²) in [4.78, 5) is 9.64. The summed E-state index contributed by atoms with van der Waals surface area (Å²) in [5.41, 5.74) is 9.04. The molecule has 0 unspecified atom stereocenters. The summed E-state index contributed by atoms with van der Waals surface area (Å²) in [5.74, 6) is 0. The molecule has 1 aliphatic heterocycles. The van der Waals surface area contributed by atoms with E-state index in [-0.39, 0.29) is 0 Å². The molecule has 0 spiro atoms. The molecule has 5 heteroatoms. The maximum atomic E-state index is 5.64. The van der Waals surface area contributed by atoms with Crippen molar-refractivity contribution in [1.82, 2.24) is 14.9 Å². The number of nitrogens with two attached hydrogens (primary N) is 1. The maximum absolute atomic E-state index is 5.64. The molecule has 4 nitrogen and oxygen atoms in total. The van der Waals surface area contributed by atoms with Gasteiger partial charge in [-0.1, -0.05) is 0 Å². The zero-order valence-corrected chi connectivity index (χ0v) is 9.02. The van der Waals surface area contributed by atoms with E-state index in [9.17, 15) is 0 Å². The molecule has 0 radical (unpaired) electrons. The highest BCUT2D eigenvalue weighted by atomic mass is 32.1. The van der Waals surface area contributed by atoms with Crippen molar-refractivity contribution in [2.24, 2.45) is 5.73 Å². The fraction of sp³-hybridized carbons (Fsp3) is 0.556. The summed E-state index contributed by atoms with van der Waals surface area (Å²) in [6.07, 6.45) is 1.01. The van der Waals surface area contributed by atoms with E-state index in [1.54, 1.807) is 0 Å². The van der Waals surface area contributed by atoms with Gasteiger partial charge in [-0.05, 0) is 31.2 Å². The molecule has 14 heavy (non-hydrogen) atoms. The van der Waals surface area contributed by atoms with Gasteiger partial charge in [0.05, 0.1) is 5.69 Å². The predicted molar refractivity (Wildman–Crippen MR) is 57.4 cm³/mol. The van der Waals surface area contributed by atoms with Crippen LogP contribution in [-0.2, 0) is 19.5 Å². The Hall–Kier alpha value is -0.780. The van der Waals surface area contributed by atoms with E-state index in [0.717, 1.165) is 25.2 Å². The fourth-order valence-corrected chi connectivity index (χ4v) is 2.08. The van der Waals surface area contributed by atoms with Crippen LogP contribution in [0.25, 0.3) is 0 Å². The third kappa shape index (κ3) is 1.70. The lowest BCUT2D eigenvalue weighted by Gasteiger charge is -2.25. The molecule has 0 aromatic carbocycles. The Morgan fingerprint density at radius 2 is 2.43 bits per heavy atom. The first-order valence-corrected chi connectivity index (χ1v) is 5.11.